The zero-order valence-electron chi connectivity index (χ0n) is 13.9. The van der Waals surface area contributed by atoms with Crippen LogP contribution in [0, 0.1) is 0 Å². The molecule has 0 saturated heterocycles. The first-order valence-corrected chi connectivity index (χ1v) is 8.95. The average molecular weight is 493 g/mol. The molecule has 3 N–H and O–H groups in total. The third kappa shape index (κ3) is 8.55. The van der Waals surface area contributed by atoms with Crippen molar-refractivity contribution in [3.8, 4) is 0 Å². The molecule has 0 atom stereocenters. The number of halogens is 2. The molecule has 0 spiro atoms. The number of nitrogens with one attached hydrogen (secondary N) is 3. The van der Waals surface area contributed by atoms with E-state index in [1.807, 2.05) is 11.4 Å². The summed E-state index contributed by atoms with van der Waals surface area (Å²) in [6.45, 7) is 1.42. The maximum absolute atomic E-state index is 11.9. The Hall–Kier alpha value is -1.32. The molecule has 136 valence electrons. The second kappa shape index (κ2) is 12.1. The van der Waals surface area contributed by atoms with Gasteiger partial charge in [0, 0.05) is 35.6 Å². The molecule has 1 aromatic carbocycles. The maximum Gasteiger partial charge on any atom is 0.224 e. The van der Waals surface area contributed by atoms with Crippen LogP contribution in [0.1, 0.15) is 17.7 Å². The molecule has 1 heterocycles. The van der Waals surface area contributed by atoms with Gasteiger partial charge in [-0.15, -0.1) is 35.3 Å². The van der Waals surface area contributed by atoms with Gasteiger partial charge in [-0.3, -0.25) is 9.79 Å². The van der Waals surface area contributed by atoms with E-state index < -0.39 is 0 Å². The fourth-order valence-electron chi connectivity index (χ4n) is 2.02. The number of carbonyl (C=O) groups excluding carboxylic acids is 1. The first-order chi connectivity index (χ1) is 11.7. The van der Waals surface area contributed by atoms with Crippen molar-refractivity contribution in [2.24, 2.45) is 4.99 Å². The van der Waals surface area contributed by atoms with E-state index in [0.717, 1.165) is 24.6 Å². The van der Waals surface area contributed by atoms with E-state index in [-0.39, 0.29) is 29.9 Å². The van der Waals surface area contributed by atoms with Crippen LogP contribution in [0.25, 0.3) is 0 Å². The Bertz CT molecular complexity index is 662. The summed E-state index contributed by atoms with van der Waals surface area (Å²) in [4.78, 5) is 17.3. The van der Waals surface area contributed by atoms with Crippen LogP contribution >= 0.6 is 46.9 Å². The zero-order valence-corrected chi connectivity index (χ0v) is 17.8. The minimum Gasteiger partial charge on any atom is -0.356 e. The Balaban J connectivity index is 0.00000312. The molecule has 0 radical (unpaired) electrons. The highest BCUT2D eigenvalue weighted by molar-refractivity contribution is 14.0. The average Bonchev–Trinajstić information content (AvgIpc) is 3.10. The van der Waals surface area contributed by atoms with Gasteiger partial charge in [-0.05, 0) is 42.1 Å². The number of thiophene rings is 1. The van der Waals surface area contributed by atoms with E-state index >= 15 is 0 Å². The zero-order chi connectivity index (χ0) is 17.2. The van der Waals surface area contributed by atoms with Crippen LogP contribution < -0.4 is 16.0 Å². The SMILES string of the molecule is CN=C(NCCCC(=O)Nc1ccc(Cl)cc1)NCc1cccs1.I. The molecule has 0 bridgehead atoms. The third-order valence-corrected chi connectivity index (χ3v) is 4.36. The summed E-state index contributed by atoms with van der Waals surface area (Å²) in [5.74, 6) is 0.724. The molecule has 0 saturated carbocycles. The van der Waals surface area contributed by atoms with E-state index in [0.29, 0.717) is 18.0 Å². The lowest BCUT2D eigenvalue weighted by atomic mass is 10.2. The van der Waals surface area contributed by atoms with Crippen LogP contribution in [0.4, 0.5) is 5.69 Å². The Kier molecular flexibility index (Phi) is 10.5. The van der Waals surface area contributed by atoms with Gasteiger partial charge in [0.05, 0.1) is 6.54 Å². The van der Waals surface area contributed by atoms with Crippen LogP contribution in [-0.2, 0) is 11.3 Å². The molecule has 8 heteroatoms. The molecular weight excluding hydrogens is 471 g/mol. The number of hydrogen-bond donors (Lipinski definition) is 3. The molecule has 0 aliphatic rings. The maximum atomic E-state index is 11.9. The van der Waals surface area contributed by atoms with Crippen LogP contribution in [0.2, 0.25) is 5.02 Å². The molecule has 1 amide bonds. The lowest BCUT2D eigenvalue weighted by Crippen LogP contribution is -2.37. The van der Waals surface area contributed by atoms with Gasteiger partial charge in [0.15, 0.2) is 5.96 Å². The van der Waals surface area contributed by atoms with Gasteiger partial charge in [-0.25, -0.2) is 0 Å². The van der Waals surface area contributed by atoms with Gasteiger partial charge in [0.25, 0.3) is 0 Å². The van der Waals surface area contributed by atoms with Crippen molar-refractivity contribution < 1.29 is 4.79 Å². The number of hydrogen-bond acceptors (Lipinski definition) is 3. The molecule has 0 fully saturated rings. The smallest absolute Gasteiger partial charge is 0.224 e. The summed E-state index contributed by atoms with van der Waals surface area (Å²) in [6.07, 6.45) is 1.16. The monoisotopic (exact) mass is 492 g/mol. The molecule has 2 rings (SSSR count). The van der Waals surface area contributed by atoms with Gasteiger partial charge in [-0.2, -0.15) is 0 Å². The second-order valence-corrected chi connectivity index (χ2v) is 6.56. The number of rotatable bonds is 7. The van der Waals surface area contributed by atoms with Gasteiger partial charge >= 0.3 is 0 Å². The largest absolute Gasteiger partial charge is 0.356 e. The topological polar surface area (TPSA) is 65.5 Å². The minimum atomic E-state index is -0.0133. The number of amides is 1. The van der Waals surface area contributed by atoms with E-state index in [1.54, 1.807) is 42.6 Å². The van der Waals surface area contributed by atoms with E-state index in [1.165, 1.54) is 4.88 Å². The highest BCUT2D eigenvalue weighted by Crippen LogP contribution is 2.13. The van der Waals surface area contributed by atoms with Crippen molar-refractivity contribution in [1.29, 1.82) is 0 Å². The lowest BCUT2D eigenvalue weighted by Gasteiger charge is -2.11. The Morgan fingerprint density at radius 1 is 1.20 bits per heavy atom. The molecule has 2 aromatic rings. The summed E-state index contributed by atoms with van der Waals surface area (Å²) in [5.41, 5.74) is 0.755. The fourth-order valence-corrected chi connectivity index (χ4v) is 2.79. The van der Waals surface area contributed by atoms with Crippen molar-refractivity contribution in [2.75, 3.05) is 18.9 Å². The van der Waals surface area contributed by atoms with Crippen molar-refractivity contribution in [2.45, 2.75) is 19.4 Å². The Morgan fingerprint density at radius 2 is 1.96 bits per heavy atom. The summed E-state index contributed by atoms with van der Waals surface area (Å²) in [7, 11) is 1.73. The van der Waals surface area contributed by atoms with Crippen molar-refractivity contribution in [3.05, 3.63) is 51.7 Å². The number of nitrogens with zero attached hydrogens (tertiary/aromatic N) is 1. The van der Waals surface area contributed by atoms with E-state index in [9.17, 15) is 4.79 Å². The molecule has 0 unspecified atom stereocenters. The predicted molar refractivity (Wildman–Crippen MR) is 117 cm³/mol. The predicted octanol–water partition coefficient (Wildman–Crippen LogP) is 4.10. The summed E-state index contributed by atoms with van der Waals surface area (Å²) >= 11 is 7.52. The standard InChI is InChI=1S/C17H21ClN4OS.HI/c1-19-17(21-12-15-4-3-11-24-15)20-10-2-5-16(23)22-14-8-6-13(18)7-9-14;/h3-4,6-9,11H,2,5,10,12H2,1H3,(H,22,23)(H2,19,20,21);1H. The number of aliphatic imine (C=N–C) groups is 1. The van der Waals surface area contributed by atoms with Crippen molar-refractivity contribution in [1.82, 2.24) is 10.6 Å². The first kappa shape index (κ1) is 21.7. The Labute approximate surface area is 174 Å². The summed E-state index contributed by atoms with van der Waals surface area (Å²) in [5, 5.41) is 12.0. The highest BCUT2D eigenvalue weighted by atomic mass is 127. The quantitative estimate of drug-likeness (QED) is 0.236. The van der Waals surface area contributed by atoms with Crippen molar-refractivity contribution in [3.63, 3.8) is 0 Å². The Morgan fingerprint density at radius 3 is 2.60 bits per heavy atom. The third-order valence-electron chi connectivity index (χ3n) is 3.23. The normalized spacial score (nSPS) is 10.7. The van der Waals surface area contributed by atoms with Gasteiger partial charge in [-0.1, -0.05) is 17.7 Å². The molecular formula is C17H22ClIN4OS. The number of guanidine groups is 1. The van der Waals surface area contributed by atoms with Crippen LogP contribution in [0.3, 0.4) is 0 Å². The number of carbonyl (C=O) groups is 1. The lowest BCUT2D eigenvalue weighted by molar-refractivity contribution is -0.116. The van der Waals surface area contributed by atoms with Crippen LogP contribution in [0.15, 0.2) is 46.8 Å². The molecule has 5 nitrogen and oxygen atoms in total. The van der Waals surface area contributed by atoms with E-state index in [2.05, 4.69) is 27.0 Å². The molecule has 0 aliphatic carbocycles. The molecule has 0 aliphatic heterocycles. The van der Waals surface area contributed by atoms with Gasteiger partial charge in [0.2, 0.25) is 5.91 Å². The van der Waals surface area contributed by atoms with Crippen LogP contribution in [-0.4, -0.2) is 25.5 Å². The van der Waals surface area contributed by atoms with E-state index in [4.69, 9.17) is 11.6 Å². The summed E-state index contributed by atoms with van der Waals surface area (Å²) < 4.78 is 0. The van der Waals surface area contributed by atoms with Gasteiger partial charge in [0.1, 0.15) is 0 Å². The number of anilines is 1. The minimum absolute atomic E-state index is 0. The second-order valence-electron chi connectivity index (χ2n) is 5.09. The number of benzene rings is 1. The highest BCUT2D eigenvalue weighted by Gasteiger charge is 2.03. The summed E-state index contributed by atoms with van der Waals surface area (Å²) in [6, 6.07) is 11.2. The van der Waals surface area contributed by atoms with Crippen molar-refractivity contribution >= 4 is 64.5 Å². The first-order valence-electron chi connectivity index (χ1n) is 7.69. The molecule has 25 heavy (non-hydrogen) atoms. The van der Waals surface area contributed by atoms with Crippen LogP contribution in [0.5, 0.6) is 0 Å². The molecule has 1 aromatic heterocycles. The fraction of sp³-hybridized carbons (Fsp3) is 0.294. The van der Waals surface area contributed by atoms with Gasteiger partial charge < -0.3 is 16.0 Å².